The van der Waals surface area contributed by atoms with Gasteiger partial charge >= 0.3 is 0 Å². The molecule has 2 atom stereocenters. The van der Waals surface area contributed by atoms with Gasteiger partial charge in [0.05, 0.1) is 18.0 Å². The van der Waals surface area contributed by atoms with Crippen LogP contribution in [-0.4, -0.2) is 41.7 Å². The summed E-state index contributed by atoms with van der Waals surface area (Å²) in [6.45, 7) is 2.32. The van der Waals surface area contributed by atoms with Crippen LogP contribution in [-0.2, 0) is 27.6 Å². The number of carbonyl (C=O) groups excluding carboxylic acids is 1. The van der Waals surface area contributed by atoms with E-state index in [0.717, 1.165) is 17.8 Å². The molecule has 1 saturated carbocycles. The number of ether oxygens (including phenoxy) is 1. The number of aryl methyl sites for hydroxylation is 4. The van der Waals surface area contributed by atoms with Crippen LogP contribution in [0.15, 0.2) is 29.2 Å². The average Bonchev–Trinajstić information content (AvgIpc) is 3.18. The zero-order chi connectivity index (χ0) is 20.7. The van der Waals surface area contributed by atoms with Crippen LogP contribution in [0.3, 0.4) is 0 Å². The molecule has 0 aromatic carbocycles. The Balaban J connectivity index is 1.44. The average molecular weight is 396 g/mol. The topological polar surface area (TPSA) is 96.8 Å². The minimum Gasteiger partial charge on any atom is -0.476 e. The van der Waals surface area contributed by atoms with Crippen molar-refractivity contribution in [2.24, 2.45) is 27.1 Å². The van der Waals surface area contributed by atoms with Crippen molar-refractivity contribution in [2.75, 3.05) is 6.61 Å². The number of carbonyl (C=O) groups is 1. The third-order valence-electron chi connectivity index (χ3n) is 5.24. The smallest absolute Gasteiger partial charge is 0.270 e. The molecule has 9 heteroatoms. The molecule has 3 heterocycles. The molecule has 152 valence electrons. The Bertz CT molecular complexity index is 1130. The fourth-order valence-corrected chi connectivity index (χ4v) is 3.59. The van der Waals surface area contributed by atoms with Crippen molar-refractivity contribution in [1.82, 2.24) is 29.3 Å². The summed E-state index contributed by atoms with van der Waals surface area (Å²) in [6.07, 6.45) is 2.94. The van der Waals surface area contributed by atoms with Gasteiger partial charge < -0.3 is 4.74 Å². The normalized spacial score (nSPS) is 18.1. The van der Waals surface area contributed by atoms with Gasteiger partial charge in [-0.3, -0.25) is 19.0 Å². The predicted octanol–water partition coefficient (Wildman–Crippen LogP) is 1.16. The largest absolute Gasteiger partial charge is 0.476 e. The maximum absolute atomic E-state index is 12.6. The molecule has 0 saturated heterocycles. The molecular formula is C20H24N6O3. The van der Waals surface area contributed by atoms with Gasteiger partial charge in [0, 0.05) is 57.2 Å². The van der Waals surface area contributed by atoms with Crippen LogP contribution < -0.4 is 10.3 Å². The fourth-order valence-electron chi connectivity index (χ4n) is 3.59. The SMILES string of the molecule is Cc1cc(C(=O)Cc2cc(OC[C@H]3C[C@@H]3c3ccn(C)n3)nn(C)c2=O)n(C)n1. The quantitative estimate of drug-likeness (QED) is 0.556. The lowest BCUT2D eigenvalue weighted by Gasteiger charge is -2.09. The van der Waals surface area contributed by atoms with Gasteiger partial charge in [0.2, 0.25) is 5.88 Å². The Labute approximate surface area is 167 Å². The number of ketones is 1. The van der Waals surface area contributed by atoms with Gasteiger partial charge in [-0.2, -0.15) is 10.2 Å². The minimum atomic E-state index is -0.303. The molecule has 9 nitrogen and oxygen atoms in total. The molecule has 1 aliphatic carbocycles. The Morgan fingerprint density at radius 3 is 2.62 bits per heavy atom. The first-order chi connectivity index (χ1) is 13.8. The number of hydrogen-bond acceptors (Lipinski definition) is 6. The van der Waals surface area contributed by atoms with Crippen molar-refractivity contribution >= 4 is 5.78 Å². The number of nitrogens with zero attached hydrogens (tertiary/aromatic N) is 6. The second kappa shape index (κ2) is 7.31. The molecule has 0 amide bonds. The van der Waals surface area contributed by atoms with Crippen LogP contribution in [0, 0.1) is 12.8 Å². The van der Waals surface area contributed by atoms with Crippen molar-refractivity contribution in [3.05, 3.63) is 57.4 Å². The highest BCUT2D eigenvalue weighted by Gasteiger charge is 2.40. The van der Waals surface area contributed by atoms with E-state index in [1.807, 2.05) is 26.2 Å². The highest BCUT2D eigenvalue weighted by molar-refractivity contribution is 5.96. The predicted molar refractivity (Wildman–Crippen MR) is 105 cm³/mol. The van der Waals surface area contributed by atoms with E-state index >= 15 is 0 Å². The maximum Gasteiger partial charge on any atom is 0.270 e. The minimum absolute atomic E-state index is 0.0233. The molecule has 1 fully saturated rings. The first-order valence-corrected chi connectivity index (χ1v) is 9.55. The first-order valence-electron chi connectivity index (χ1n) is 9.55. The molecule has 29 heavy (non-hydrogen) atoms. The maximum atomic E-state index is 12.6. The van der Waals surface area contributed by atoms with Crippen LogP contribution in [0.1, 0.15) is 39.8 Å². The van der Waals surface area contributed by atoms with Gasteiger partial charge in [0.25, 0.3) is 5.56 Å². The first kappa shape index (κ1) is 19.1. The van der Waals surface area contributed by atoms with Crippen LogP contribution in [0.4, 0.5) is 0 Å². The molecule has 0 aliphatic heterocycles. The Hall–Kier alpha value is -3.23. The molecule has 0 bridgehead atoms. The molecule has 0 radical (unpaired) electrons. The molecule has 4 rings (SSSR count). The van der Waals surface area contributed by atoms with E-state index in [2.05, 4.69) is 15.3 Å². The van der Waals surface area contributed by atoms with Crippen molar-refractivity contribution in [1.29, 1.82) is 0 Å². The lowest BCUT2D eigenvalue weighted by Crippen LogP contribution is -2.26. The summed E-state index contributed by atoms with van der Waals surface area (Å²) in [7, 11) is 5.18. The number of aromatic nitrogens is 6. The molecule has 0 unspecified atom stereocenters. The van der Waals surface area contributed by atoms with Crippen molar-refractivity contribution in [3.63, 3.8) is 0 Å². The second-order valence-corrected chi connectivity index (χ2v) is 7.66. The lowest BCUT2D eigenvalue weighted by molar-refractivity contribution is 0.0983. The zero-order valence-electron chi connectivity index (χ0n) is 17.0. The molecule has 0 spiro atoms. The Morgan fingerprint density at radius 1 is 1.17 bits per heavy atom. The number of rotatable bonds is 7. The van der Waals surface area contributed by atoms with Crippen molar-refractivity contribution in [3.8, 4) is 5.88 Å². The van der Waals surface area contributed by atoms with Gasteiger partial charge in [-0.05, 0) is 25.5 Å². The molecular weight excluding hydrogens is 372 g/mol. The second-order valence-electron chi connectivity index (χ2n) is 7.66. The summed E-state index contributed by atoms with van der Waals surface area (Å²) in [6, 6.07) is 5.32. The molecule has 3 aromatic rings. The Kier molecular flexibility index (Phi) is 4.81. The van der Waals surface area contributed by atoms with E-state index < -0.39 is 0 Å². The van der Waals surface area contributed by atoms with Crippen molar-refractivity contribution in [2.45, 2.75) is 25.7 Å². The lowest BCUT2D eigenvalue weighted by atomic mass is 10.1. The molecule has 0 N–H and O–H groups in total. The summed E-state index contributed by atoms with van der Waals surface area (Å²) in [5.41, 5.74) is 2.36. The van der Waals surface area contributed by atoms with E-state index in [9.17, 15) is 9.59 Å². The van der Waals surface area contributed by atoms with E-state index in [4.69, 9.17) is 4.74 Å². The van der Waals surface area contributed by atoms with Gasteiger partial charge in [-0.15, -0.1) is 5.10 Å². The highest BCUT2D eigenvalue weighted by atomic mass is 16.5. The van der Waals surface area contributed by atoms with Gasteiger partial charge in [-0.1, -0.05) is 0 Å². The summed E-state index contributed by atoms with van der Waals surface area (Å²) >= 11 is 0. The summed E-state index contributed by atoms with van der Waals surface area (Å²) in [4.78, 5) is 25.0. The van der Waals surface area contributed by atoms with Crippen LogP contribution in [0.2, 0.25) is 0 Å². The summed E-state index contributed by atoms with van der Waals surface area (Å²) in [5, 5.41) is 12.8. The fraction of sp³-hybridized carbons (Fsp3) is 0.450. The van der Waals surface area contributed by atoms with Crippen LogP contribution in [0.5, 0.6) is 5.88 Å². The van der Waals surface area contributed by atoms with E-state index in [0.29, 0.717) is 35.6 Å². The third-order valence-corrected chi connectivity index (χ3v) is 5.24. The van der Waals surface area contributed by atoms with Gasteiger partial charge in [0.15, 0.2) is 5.78 Å². The summed E-state index contributed by atoms with van der Waals surface area (Å²) < 4.78 is 10.4. The van der Waals surface area contributed by atoms with E-state index in [1.165, 1.54) is 9.36 Å². The van der Waals surface area contributed by atoms with E-state index in [1.54, 1.807) is 30.9 Å². The number of hydrogen-bond donors (Lipinski definition) is 0. The monoisotopic (exact) mass is 396 g/mol. The third kappa shape index (κ3) is 3.98. The summed E-state index contributed by atoms with van der Waals surface area (Å²) in [5.74, 6) is 0.965. The van der Waals surface area contributed by atoms with Gasteiger partial charge in [0.1, 0.15) is 5.69 Å². The van der Waals surface area contributed by atoms with E-state index in [-0.39, 0.29) is 17.8 Å². The molecule has 1 aliphatic rings. The van der Waals surface area contributed by atoms with Crippen molar-refractivity contribution < 1.29 is 9.53 Å². The Morgan fingerprint density at radius 2 is 1.97 bits per heavy atom. The van der Waals surface area contributed by atoms with Gasteiger partial charge in [-0.25, -0.2) is 4.68 Å². The highest BCUT2D eigenvalue weighted by Crippen LogP contribution is 2.46. The molecule has 3 aromatic heterocycles. The number of Topliss-reactive ketones (excluding diaryl/α,β-unsaturated/α-hetero) is 1. The zero-order valence-corrected chi connectivity index (χ0v) is 17.0. The van der Waals surface area contributed by atoms with Crippen LogP contribution >= 0.6 is 0 Å². The standard InChI is InChI=1S/C20H24N6O3/c1-12-7-17(25(3)21-12)18(27)9-13-10-19(23-26(4)20(13)28)29-11-14-8-15(14)16-5-6-24(2)22-16/h5-7,10,14-15H,8-9,11H2,1-4H3/t14-,15+/m1/s1. The van der Waals surface area contributed by atoms with Crippen LogP contribution in [0.25, 0.3) is 0 Å².